The van der Waals surface area contributed by atoms with Crippen molar-refractivity contribution in [3.8, 4) is 0 Å². The summed E-state index contributed by atoms with van der Waals surface area (Å²) < 4.78 is 16.0. The summed E-state index contributed by atoms with van der Waals surface area (Å²) in [4.78, 5) is 3.25. The van der Waals surface area contributed by atoms with Gasteiger partial charge in [0.15, 0.2) is 4.77 Å². The van der Waals surface area contributed by atoms with Crippen LogP contribution in [0.25, 0.3) is 11.0 Å². The largest absolute Gasteiger partial charge is 0.331 e. The summed E-state index contributed by atoms with van der Waals surface area (Å²) >= 11 is 5.43. The van der Waals surface area contributed by atoms with E-state index in [9.17, 15) is 4.39 Å². The number of para-hydroxylation sites is 1. The van der Waals surface area contributed by atoms with Crippen LogP contribution in [0.5, 0.6) is 0 Å². The third kappa shape index (κ3) is 2.63. The molecule has 0 unspecified atom stereocenters. The number of halogens is 1. The van der Waals surface area contributed by atoms with Crippen molar-refractivity contribution < 1.29 is 4.39 Å². The lowest BCUT2D eigenvalue weighted by Crippen LogP contribution is -2.03. The maximum atomic E-state index is 13.2. The normalized spacial score (nSPS) is 11.2. The van der Waals surface area contributed by atoms with Crippen LogP contribution < -0.4 is 0 Å². The molecule has 1 N–H and O–H groups in total. The van der Waals surface area contributed by atoms with Crippen LogP contribution in [0.1, 0.15) is 16.7 Å². The molecule has 3 aromatic rings. The number of aromatic nitrogens is 2. The first-order valence-corrected chi connectivity index (χ1v) is 7.40. The summed E-state index contributed by atoms with van der Waals surface area (Å²) in [6.07, 6.45) is 0.835. The van der Waals surface area contributed by atoms with E-state index in [0.29, 0.717) is 0 Å². The molecular weight excluding hydrogens is 283 g/mol. The van der Waals surface area contributed by atoms with Crippen molar-refractivity contribution in [1.82, 2.24) is 9.55 Å². The number of H-pyrrole nitrogens is 1. The van der Waals surface area contributed by atoms with Crippen molar-refractivity contribution in [1.29, 1.82) is 0 Å². The number of benzene rings is 2. The van der Waals surface area contributed by atoms with Crippen LogP contribution in [-0.4, -0.2) is 9.55 Å². The number of aromatic amines is 1. The third-order valence-corrected chi connectivity index (χ3v) is 4.23. The van der Waals surface area contributed by atoms with Gasteiger partial charge < -0.3 is 9.55 Å². The molecule has 0 aliphatic heterocycles. The Morgan fingerprint density at radius 3 is 2.71 bits per heavy atom. The summed E-state index contributed by atoms with van der Waals surface area (Å²) in [6, 6.07) is 11.1. The van der Waals surface area contributed by atoms with Gasteiger partial charge in [0.05, 0.1) is 11.0 Å². The van der Waals surface area contributed by atoms with E-state index in [4.69, 9.17) is 12.2 Å². The molecule has 0 fully saturated rings. The summed E-state index contributed by atoms with van der Waals surface area (Å²) in [7, 11) is 0. The Labute approximate surface area is 128 Å². The lowest BCUT2D eigenvalue weighted by Gasteiger charge is -2.09. The molecule has 1 aromatic heterocycles. The molecule has 0 saturated heterocycles. The predicted molar refractivity (Wildman–Crippen MR) is 86.7 cm³/mol. The van der Waals surface area contributed by atoms with E-state index in [0.717, 1.165) is 39.9 Å². The highest BCUT2D eigenvalue weighted by Gasteiger charge is 2.08. The van der Waals surface area contributed by atoms with Crippen molar-refractivity contribution in [2.45, 2.75) is 26.8 Å². The number of hydrogen-bond acceptors (Lipinski definition) is 1. The van der Waals surface area contributed by atoms with E-state index in [1.807, 2.05) is 25.1 Å². The first kappa shape index (κ1) is 14.0. The highest BCUT2D eigenvalue weighted by Crippen LogP contribution is 2.19. The molecule has 108 valence electrons. The smallest absolute Gasteiger partial charge is 0.178 e. The minimum absolute atomic E-state index is 0.184. The van der Waals surface area contributed by atoms with Gasteiger partial charge in [-0.25, -0.2) is 4.39 Å². The molecule has 0 bridgehead atoms. The molecule has 0 atom stereocenters. The minimum atomic E-state index is -0.184. The Hall–Kier alpha value is -1.94. The topological polar surface area (TPSA) is 20.7 Å². The maximum Gasteiger partial charge on any atom is 0.178 e. The van der Waals surface area contributed by atoms with Crippen LogP contribution in [0.2, 0.25) is 0 Å². The molecule has 0 amide bonds. The van der Waals surface area contributed by atoms with Crippen molar-refractivity contribution in [3.63, 3.8) is 0 Å². The van der Waals surface area contributed by atoms with Crippen molar-refractivity contribution in [2.24, 2.45) is 0 Å². The van der Waals surface area contributed by atoms with Gasteiger partial charge >= 0.3 is 0 Å². The molecule has 0 spiro atoms. The van der Waals surface area contributed by atoms with Crippen molar-refractivity contribution in [3.05, 3.63) is 63.7 Å². The van der Waals surface area contributed by atoms with E-state index in [-0.39, 0.29) is 5.82 Å². The van der Waals surface area contributed by atoms with Crippen LogP contribution in [0.15, 0.2) is 36.4 Å². The quantitative estimate of drug-likeness (QED) is 0.695. The number of rotatable bonds is 3. The maximum absolute atomic E-state index is 13.2. The van der Waals surface area contributed by atoms with Crippen LogP contribution >= 0.6 is 12.2 Å². The Kier molecular flexibility index (Phi) is 3.64. The molecule has 2 nitrogen and oxygen atoms in total. The second kappa shape index (κ2) is 5.45. The third-order valence-electron chi connectivity index (χ3n) is 3.90. The average molecular weight is 300 g/mol. The molecule has 0 aliphatic rings. The lowest BCUT2D eigenvalue weighted by atomic mass is 10.1. The molecule has 21 heavy (non-hydrogen) atoms. The van der Waals surface area contributed by atoms with Gasteiger partial charge in [0.25, 0.3) is 0 Å². The number of aryl methyl sites for hydroxylation is 4. The molecule has 1 heterocycles. The molecule has 3 rings (SSSR count). The summed E-state index contributed by atoms with van der Waals surface area (Å²) in [5.74, 6) is -0.184. The first-order chi connectivity index (χ1) is 10.1. The molecule has 0 aliphatic carbocycles. The number of fused-ring (bicyclic) bond motifs is 1. The Bertz CT molecular complexity index is 861. The van der Waals surface area contributed by atoms with Gasteiger partial charge in [0.2, 0.25) is 0 Å². The zero-order valence-electron chi connectivity index (χ0n) is 12.1. The van der Waals surface area contributed by atoms with Crippen LogP contribution in [0.3, 0.4) is 0 Å². The Morgan fingerprint density at radius 1 is 1.14 bits per heavy atom. The fraction of sp³-hybridized carbons (Fsp3) is 0.235. The summed E-state index contributed by atoms with van der Waals surface area (Å²) in [5, 5.41) is 0. The monoisotopic (exact) mass is 300 g/mol. The van der Waals surface area contributed by atoms with Gasteiger partial charge in [-0.1, -0.05) is 18.2 Å². The summed E-state index contributed by atoms with van der Waals surface area (Å²) in [5.41, 5.74) is 5.56. The standard InChI is InChI=1S/C17H17FN2S/c1-11-4-3-5-15-16(11)20(17(21)19-15)9-8-13-6-7-14(18)10-12(13)2/h3-7,10H,8-9H2,1-2H3,(H,19,21). The number of hydrogen-bond donors (Lipinski definition) is 1. The highest BCUT2D eigenvalue weighted by atomic mass is 32.1. The Morgan fingerprint density at radius 2 is 1.95 bits per heavy atom. The van der Waals surface area contributed by atoms with E-state index in [2.05, 4.69) is 22.5 Å². The van der Waals surface area contributed by atoms with Gasteiger partial charge in [0.1, 0.15) is 5.82 Å². The van der Waals surface area contributed by atoms with Crippen LogP contribution in [0.4, 0.5) is 4.39 Å². The van der Waals surface area contributed by atoms with Crippen molar-refractivity contribution >= 4 is 23.3 Å². The van der Waals surface area contributed by atoms with Crippen LogP contribution in [0, 0.1) is 24.4 Å². The minimum Gasteiger partial charge on any atom is -0.331 e. The average Bonchev–Trinajstić information content (AvgIpc) is 2.75. The molecule has 0 radical (unpaired) electrons. The van der Waals surface area contributed by atoms with Gasteiger partial charge in [-0.05, 0) is 67.4 Å². The van der Waals surface area contributed by atoms with Gasteiger partial charge in [-0.15, -0.1) is 0 Å². The Balaban J connectivity index is 1.95. The zero-order valence-corrected chi connectivity index (χ0v) is 12.9. The SMILES string of the molecule is Cc1cc(F)ccc1CCn1c(=S)[nH]c2cccc(C)c21. The number of nitrogens with one attached hydrogen (secondary N) is 1. The van der Waals surface area contributed by atoms with E-state index < -0.39 is 0 Å². The van der Waals surface area contributed by atoms with E-state index in [1.54, 1.807) is 6.07 Å². The zero-order chi connectivity index (χ0) is 15.0. The van der Waals surface area contributed by atoms with E-state index in [1.165, 1.54) is 11.6 Å². The predicted octanol–water partition coefficient (Wildman–Crippen LogP) is 4.70. The second-order valence-corrected chi connectivity index (χ2v) is 5.76. The number of imidazole rings is 1. The molecule has 2 aromatic carbocycles. The van der Waals surface area contributed by atoms with Gasteiger partial charge in [-0.3, -0.25) is 0 Å². The fourth-order valence-electron chi connectivity index (χ4n) is 2.79. The fourth-order valence-corrected chi connectivity index (χ4v) is 3.08. The molecular formula is C17H17FN2S. The highest BCUT2D eigenvalue weighted by molar-refractivity contribution is 7.71. The van der Waals surface area contributed by atoms with E-state index >= 15 is 0 Å². The molecule has 4 heteroatoms. The summed E-state index contributed by atoms with van der Waals surface area (Å²) in [6.45, 7) is 4.82. The van der Waals surface area contributed by atoms with Gasteiger partial charge in [0, 0.05) is 6.54 Å². The first-order valence-electron chi connectivity index (χ1n) is 6.99. The lowest BCUT2D eigenvalue weighted by molar-refractivity contribution is 0.624. The molecule has 0 saturated carbocycles. The van der Waals surface area contributed by atoms with Crippen molar-refractivity contribution in [2.75, 3.05) is 0 Å². The van der Waals surface area contributed by atoms with Crippen LogP contribution in [-0.2, 0) is 13.0 Å². The van der Waals surface area contributed by atoms with Gasteiger partial charge in [-0.2, -0.15) is 0 Å². The number of nitrogens with zero attached hydrogens (tertiary/aromatic N) is 1. The second-order valence-electron chi connectivity index (χ2n) is 5.37.